The summed E-state index contributed by atoms with van der Waals surface area (Å²) in [6.45, 7) is 0.184. The number of anilines is 1. The van der Waals surface area contributed by atoms with Gasteiger partial charge in [-0.25, -0.2) is 19.0 Å². The van der Waals surface area contributed by atoms with E-state index in [1.165, 1.54) is 12.5 Å². The number of urea groups is 1. The molecule has 0 fully saturated rings. The van der Waals surface area contributed by atoms with Crippen LogP contribution in [0.4, 0.5) is 14.9 Å². The number of amides is 2. The van der Waals surface area contributed by atoms with Crippen LogP contribution < -0.4 is 10.6 Å². The van der Waals surface area contributed by atoms with Crippen molar-refractivity contribution in [3.63, 3.8) is 0 Å². The first-order valence-electron chi connectivity index (χ1n) is 5.61. The third-order valence-electron chi connectivity index (χ3n) is 2.45. The van der Waals surface area contributed by atoms with Crippen LogP contribution in [0.5, 0.6) is 0 Å². The first kappa shape index (κ1) is 13.5. The smallest absolute Gasteiger partial charge is 0.337 e. The van der Waals surface area contributed by atoms with Gasteiger partial charge in [0.25, 0.3) is 0 Å². The van der Waals surface area contributed by atoms with Crippen LogP contribution in [0.2, 0.25) is 0 Å². The number of benzene rings is 1. The van der Waals surface area contributed by atoms with Gasteiger partial charge in [0.2, 0.25) is 0 Å². The molecule has 2 rings (SSSR count). The molecule has 0 bridgehead atoms. The number of carboxylic acids is 1. The van der Waals surface area contributed by atoms with Gasteiger partial charge >= 0.3 is 12.0 Å². The minimum absolute atomic E-state index is 0.111. The maximum Gasteiger partial charge on any atom is 0.337 e. The third kappa shape index (κ3) is 3.31. The maximum absolute atomic E-state index is 13.1. The van der Waals surface area contributed by atoms with Crippen LogP contribution in [0.1, 0.15) is 16.1 Å². The Balaban J connectivity index is 2.03. The second-order valence-electron chi connectivity index (χ2n) is 3.88. The lowest BCUT2D eigenvalue weighted by atomic mass is 10.2. The van der Waals surface area contributed by atoms with E-state index < -0.39 is 17.8 Å². The molecule has 0 aliphatic carbocycles. The Morgan fingerprint density at radius 2 is 2.20 bits per heavy atom. The minimum atomic E-state index is -1.26. The summed E-state index contributed by atoms with van der Waals surface area (Å²) in [5.74, 6) is -1.90. The summed E-state index contributed by atoms with van der Waals surface area (Å²) in [5, 5.41) is 13.7. The van der Waals surface area contributed by atoms with Crippen molar-refractivity contribution in [3.05, 3.63) is 47.8 Å². The van der Waals surface area contributed by atoms with Crippen molar-refractivity contribution in [2.45, 2.75) is 6.54 Å². The van der Waals surface area contributed by atoms with E-state index in [-0.39, 0.29) is 17.8 Å². The fourth-order valence-electron chi connectivity index (χ4n) is 1.53. The van der Waals surface area contributed by atoms with E-state index in [1.807, 2.05) is 0 Å². The number of nitrogens with zero attached hydrogens (tertiary/aromatic N) is 1. The monoisotopic (exact) mass is 278 g/mol. The number of aromatic nitrogens is 2. The van der Waals surface area contributed by atoms with Crippen LogP contribution in [-0.2, 0) is 6.54 Å². The van der Waals surface area contributed by atoms with Gasteiger partial charge in [0.1, 0.15) is 5.82 Å². The summed E-state index contributed by atoms with van der Waals surface area (Å²) in [6.07, 6.45) is 3.00. The number of H-pyrrole nitrogens is 1. The zero-order chi connectivity index (χ0) is 14.5. The maximum atomic E-state index is 13.1. The van der Waals surface area contributed by atoms with Crippen LogP contribution >= 0.6 is 0 Å². The number of hydrogen-bond donors (Lipinski definition) is 4. The normalized spacial score (nSPS) is 10.1. The topological polar surface area (TPSA) is 107 Å². The van der Waals surface area contributed by atoms with Crippen molar-refractivity contribution >= 4 is 17.7 Å². The summed E-state index contributed by atoms with van der Waals surface area (Å²) in [6, 6.07) is 2.39. The Labute approximate surface area is 112 Å². The molecule has 104 valence electrons. The summed E-state index contributed by atoms with van der Waals surface area (Å²) < 4.78 is 13.1. The Kier molecular flexibility index (Phi) is 3.94. The molecule has 8 heteroatoms. The van der Waals surface area contributed by atoms with Crippen LogP contribution in [0.25, 0.3) is 0 Å². The van der Waals surface area contributed by atoms with E-state index in [0.29, 0.717) is 5.69 Å². The molecule has 2 aromatic rings. The molecule has 0 aliphatic rings. The second-order valence-corrected chi connectivity index (χ2v) is 3.88. The molecule has 20 heavy (non-hydrogen) atoms. The number of carbonyl (C=O) groups is 2. The number of hydrogen-bond acceptors (Lipinski definition) is 3. The van der Waals surface area contributed by atoms with Crippen LogP contribution in [0.3, 0.4) is 0 Å². The number of aromatic carboxylic acids is 1. The standard InChI is InChI=1S/C12H11FN4O3/c13-7-1-2-9(11(18)19)10(3-7)17-12(20)15-5-8-4-14-6-16-8/h1-4,6H,5H2,(H,14,16)(H,18,19)(H2,15,17,20). The minimum Gasteiger partial charge on any atom is -0.478 e. The highest BCUT2D eigenvalue weighted by molar-refractivity contribution is 5.99. The number of halogens is 1. The SMILES string of the molecule is O=C(NCc1cnc[nH]1)Nc1cc(F)ccc1C(=O)O. The molecule has 1 aromatic carbocycles. The summed E-state index contributed by atoms with van der Waals surface area (Å²) >= 11 is 0. The molecular formula is C12H11FN4O3. The Morgan fingerprint density at radius 3 is 2.85 bits per heavy atom. The van der Waals surface area contributed by atoms with Crippen LogP contribution in [0.15, 0.2) is 30.7 Å². The molecule has 0 radical (unpaired) electrons. The summed E-state index contributed by atoms with van der Waals surface area (Å²) in [5.41, 5.74) is 0.376. The number of carboxylic acid groups (broad SMARTS) is 1. The van der Waals surface area contributed by atoms with E-state index in [1.54, 1.807) is 0 Å². The van der Waals surface area contributed by atoms with Gasteiger partial charge in [-0.1, -0.05) is 0 Å². The van der Waals surface area contributed by atoms with Gasteiger partial charge < -0.3 is 20.7 Å². The van der Waals surface area contributed by atoms with E-state index in [4.69, 9.17) is 5.11 Å². The predicted octanol–water partition coefficient (Wildman–Crippen LogP) is 1.57. The van der Waals surface area contributed by atoms with Gasteiger partial charge in [0.05, 0.1) is 29.8 Å². The molecule has 2 amide bonds. The number of imidazole rings is 1. The highest BCUT2D eigenvalue weighted by Gasteiger charge is 2.13. The van der Waals surface area contributed by atoms with Crippen molar-refractivity contribution in [1.29, 1.82) is 0 Å². The lowest BCUT2D eigenvalue weighted by Gasteiger charge is -2.09. The van der Waals surface area contributed by atoms with E-state index in [0.717, 1.165) is 18.2 Å². The lowest BCUT2D eigenvalue weighted by Crippen LogP contribution is -2.29. The third-order valence-corrected chi connectivity index (χ3v) is 2.45. The first-order chi connectivity index (χ1) is 9.56. The van der Waals surface area contributed by atoms with Gasteiger partial charge in [0, 0.05) is 6.20 Å². The molecule has 0 aliphatic heterocycles. The molecule has 0 spiro atoms. The van der Waals surface area contributed by atoms with Gasteiger partial charge in [-0.05, 0) is 18.2 Å². The van der Waals surface area contributed by atoms with Crippen molar-refractivity contribution < 1.29 is 19.1 Å². The van der Waals surface area contributed by atoms with Crippen LogP contribution in [-0.4, -0.2) is 27.1 Å². The quantitative estimate of drug-likeness (QED) is 0.680. The Hall–Kier alpha value is -2.90. The average molecular weight is 278 g/mol. The van der Waals surface area contributed by atoms with Gasteiger partial charge in [-0.15, -0.1) is 0 Å². The number of rotatable bonds is 4. The van der Waals surface area contributed by atoms with Gasteiger partial charge in [-0.2, -0.15) is 0 Å². The van der Waals surface area contributed by atoms with E-state index in [2.05, 4.69) is 20.6 Å². The average Bonchev–Trinajstić information content (AvgIpc) is 2.89. The second kappa shape index (κ2) is 5.83. The van der Waals surface area contributed by atoms with Crippen molar-refractivity contribution in [3.8, 4) is 0 Å². The Bertz CT molecular complexity index is 628. The predicted molar refractivity (Wildman–Crippen MR) is 67.8 cm³/mol. The first-order valence-corrected chi connectivity index (χ1v) is 5.61. The number of aromatic amines is 1. The molecule has 0 saturated carbocycles. The van der Waals surface area contributed by atoms with Gasteiger partial charge in [0.15, 0.2) is 0 Å². The fraction of sp³-hybridized carbons (Fsp3) is 0.0833. The zero-order valence-electron chi connectivity index (χ0n) is 10.2. The zero-order valence-corrected chi connectivity index (χ0v) is 10.2. The lowest BCUT2D eigenvalue weighted by molar-refractivity contribution is 0.0698. The molecule has 7 nitrogen and oxygen atoms in total. The van der Waals surface area contributed by atoms with Crippen LogP contribution in [0, 0.1) is 5.82 Å². The molecule has 0 saturated heterocycles. The van der Waals surface area contributed by atoms with Crippen molar-refractivity contribution in [2.75, 3.05) is 5.32 Å². The van der Waals surface area contributed by atoms with Gasteiger partial charge in [-0.3, -0.25) is 0 Å². The fourth-order valence-corrected chi connectivity index (χ4v) is 1.53. The molecule has 1 aromatic heterocycles. The van der Waals surface area contributed by atoms with Crippen molar-refractivity contribution in [2.24, 2.45) is 0 Å². The van der Waals surface area contributed by atoms with E-state index in [9.17, 15) is 14.0 Å². The van der Waals surface area contributed by atoms with Crippen molar-refractivity contribution in [1.82, 2.24) is 15.3 Å². The van der Waals surface area contributed by atoms with E-state index >= 15 is 0 Å². The summed E-state index contributed by atoms with van der Waals surface area (Å²) in [4.78, 5) is 29.1. The number of nitrogens with one attached hydrogen (secondary N) is 3. The molecule has 1 heterocycles. The molecule has 0 atom stereocenters. The largest absolute Gasteiger partial charge is 0.478 e. The highest BCUT2D eigenvalue weighted by atomic mass is 19.1. The number of carbonyl (C=O) groups excluding carboxylic acids is 1. The Morgan fingerprint density at radius 1 is 1.40 bits per heavy atom. The molecular weight excluding hydrogens is 267 g/mol. The molecule has 4 N–H and O–H groups in total. The highest BCUT2D eigenvalue weighted by Crippen LogP contribution is 2.17. The molecule has 0 unspecified atom stereocenters. The summed E-state index contributed by atoms with van der Waals surface area (Å²) in [7, 11) is 0.